The summed E-state index contributed by atoms with van der Waals surface area (Å²) < 4.78 is 3.06. The van der Waals surface area contributed by atoms with Gasteiger partial charge in [-0.25, -0.2) is 5.10 Å². The highest BCUT2D eigenvalue weighted by Gasteiger charge is 2.32. The second-order valence-corrected chi connectivity index (χ2v) is 6.80. The van der Waals surface area contributed by atoms with Crippen LogP contribution in [-0.4, -0.2) is 27.4 Å². The Morgan fingerprint density at radius 2 is 2.00 bits per heavy atom. The van der Waals surface area contributed by atoms with E-state index in [1.165, 1.54) is 38.5 Å². The summed E-state index contributed by atoms with van der Waals surface area (Å²) in [4.78, 5) is 2.52. The number of rotatable bonds is 5. The lowest BCUT2D eigenvalue weighted by molar-refractivity contribution is 0.513. The Morgan fingerprint density at radius 3 is 2.58 bits per heavy atom. The predicted molar refractivity (Wildman–Crippen MR) is 80.1 cm³/mol. The number of aromatic amines is 1. The summed E-state index contributed by atoms with van der Waals surface area (Å²) in [6, 6.07) is 1.25. The molecule has 3 rings (SSSR count). The Kier molecular flexibility index (Phi) is 3.65. The van der Waals surface area contributed by atoms with Gasteiger partial charge in [-0.1, -0.05) is 26.7 Å². The van der Waals surface area contributed by atoms with E-state index >= 15 is 0 Å². The van der Waals surface area contributed by atoms with E-state index in [9.17, 15) is 0 Å². The number of nitrogens with zero attached hydrogens (tertiary/aromatic N) is 3. The minimum Gasteiger partial charge on any atom is -0.338 e. The van der Waals surface area contributed by atoms with Gasteiger partial charge in [0, 0.05) is 18.6 Å². The molecule has 2 fully saturated rings. The van der Waals surface area contributed by atoms with Crippen LogP contribution >= 0.6 is 12.2 Å². The summed E-state index contributed by atoms with van der Waals surface area (Å²) >= 11 is 5.41. The highest BCUT2D eigenvalue weighted by Crippen LogP contribution is 2.39. The minimum absolute atomic E-state index is 0.595. The molecule has 4 nitrogen and oxygen atoms in total. The van der Waals surface area contributed by atoms with Gasteiger partial charge in [-0.3, -0.25) is 4.57 Å². The second-order valence-electron chi connectivity index (χ2n) is 6.41. The van der Waals surface area contributed by atoms with Crippen LogP contribution in [0.4, 0.5) is 5.95 Å². The van der Waals surface area contributed by atoms with Crippen LogP contribution in [0.25, 0.3) is 0 Å². The fraction of sp³-hybridized carbons (Fsp3) is 0.857. The molecule has 0 aromatic carbocycles. The summed E-state index contributed by atoms with van der Waals surface area (Å²) in [5.41, 5.74) is 0. The number of hydrogen-bond donors (Lipinski definition) is 1. The fourth-order valence-corrected chi connectivity index (χ4v) is 3.44. The van der Waals surface area contributed by atoms with Crippen molar-refractivity contribution in [3.8, 4) is 0 Å². The Balaban J connectivity index is 1.91. The van der Waals surface area contributed by atoms with Crippen molar-refractivity contribution in [2.45, 2.75) is 64.5 Å². The smallest absolute Gasteiger partial charge is 0.226 e. The average molecular weight is 280 g/mol. The molecule has 2 saturated carbocycles. The number of anilines is 1. The second kappa shape index (κ2) is 5.27. The average Bonchev–Trinajstić information content (AvgIpc) is 2.90. The SMILES string of the molecule is CC(C)CN(c1n[nH]c(=S)n1C1CC1)C1CCCC1. The quantitative estimate of drug-likeness (QED) is 0.836. The standard InChI is InChI=1S/C14H24N4S/c1-10(2)9-17(11-5-3-4-6-11)13-15-16-14(19)18(13)12-7-8-12/h10-12H,3-9H2,1-2H3,(H,16,19). The number of H-pyrrole nitrogens is 1. The molecule has 1 aromatic rings. The first-order chi connectivity index (χ1) is 9.16. The van der Waals surface area contributed by atoms with Crippen molar-refractivity contribution >= 4 is 18.2 Å². The maximum absolute atomic E-state index is 5.41. The van der Waals surface area contributed by atoms with Crippen molar-refractivity contribution in [3.05, 3.63) is 4.77 Å². The summed E-state index contributed by atoms with van der Waals surface area (Å²) in [5.74, 6) is 1.74. The van der Waals surface area contributed by atoms with Gasteiger partial charge in [-0.2, -0.15) is 0 Å². The first kappa shape index (κ1) is 13.2. The molecule has 0 bridgehead atoms. The van der Waals surface area contributed by atoms with Crippen molar-refractivity contribution in [3.63, 3.8) is 0 Å². The number of hydrogen-bond acceptors (Lipinski definition) is 3. The van der Waals surface area contributed by atoms with E-state index in [0.717, 1.165) is 17.3 Å². The van der Waals surface area contributed by atoms with Gasteiger partial charge in [-0.05, 0) is 43.8 Å². The molecule has 19 heavy (non-hydrogen) atoms. The van der Waals surface area contributed by atoms with Gasteiger partial charge in [0.2, 0.25) is 5.95 Å². The summed E-state index contributed by atoms with van der Waals surface area (Å²) in [6.45, 7) is 5.65. The lowest BCUT2D eigenvalue weighted by Gasteiger charge is -2.31. The maximum atomic E-state index is 5.41. The van der Waals surface area contributed by atoms with Gasteiger partial charge in [0.15, 0.2) is 4.77 Å². The Hall–Kier alpha value is -0.840. The largest absolute Gasteiger partial charge is 0.338 e. The Bertz CT molecular complexity index is 480. The topological polar surface area (TPSA) is 36.9 Å². The van der Waals surface area contributed by atoms with Crippen LogP contribution in [0, 0.1) is 10.7 Å². The van der Waals surface area contributed by atoms with Gasteiger partial charge in [-0.15, -0.1) is 5.10 Å². The van der Waals surface area contributed by atoms with Crippen molar-refractivity contribution in [2.24, 2.45) is 5.92 Å². The van der Waals surface area contributed by atoms with E-state index in [0.29, 0.717) is 18.0 Å². The molecule has 0 aliphatic heterocycles. The Labute approximate surface area is 120 Å². The molecule has 106 valence electrons. The van der Waals surface area contributed by atoms with Gasteiger partial charge >= 0.3 is 0 Å². The molecule has 2 aliphatic rings. The van der Waals surface area contributed by atoms with Crippen LogP contribution < -0.4 is 4.90 Å². The number of nitrogens with one attached hydrogen (secondary N) is 1. The lowest BCUT2D eigenvalue weighted by atomic mass is 10.1. The monoisotopic (exact) mass is 280 g/mol. The number of aromatic nitrogens is 3. The molecule has 0 amide bonds. The minimum atomic E-state index is 0.595. The third-order valence-electron chi connectivity index (χ3n) is 4.18. The molecule has 1 aromatic heterocycles. The van der Waals surface area contributed by atoms with Crippen molar-refractivity contribution < 1.29 is 0 Å². The maximum Gasteiger partial charge on any atom is 0.226 e. The molecular weight excluding hydrogens is 256 g/mol. The highest BCUT2D eigenvalue weighted by atomic mass is 32.1. The van der Waals surface area contributed by atoms with Gasteiger partial charge in [0.25, 0.3) is 0 Å². The third-order valence-corrected chi connectivity index (χ3v) is 4.47. The lowest BCUT2D eigenvalue weighted by Crippen LogP contribution is -2.38. The van der Waals surface area contributed by atoms with E-state index in [4.69, 9.17) is 12.2 Å². The van der Waals surface area contributed by atoms with Gasteiger partial charge in [0.1, 0.15) is 0 Å². The highest BCUT2D eigenvalue weighted by molar-refractivity contribution is 7.71. The van der Waals surface area contributed by atoms with Crippen LogP contribution in [0.1, 0.15) is 58.4 Å². The zero-order valence-corrected chi connectivity index (χ0v) is 12.7. The van der Waals surface area contributed by atoms with Gasteiger partial charge < -0.3 is 4.90 Å². The zero-order chi connectivity index (χ0) is 13.4. The zero-order valence-electron chi connectivity index (χ0n) is 11.9. The van der Waals surface area contributed by atoms with Crippen LogP contribution in [0.2, 0.25) is 0 Å². The summed E-state index contributed by atoms with van der Waals surface area (Å²) in [5, 5.41) is 7.56. The molecule has 2 aliphatic carbocycles. The molecule has 0 atom stereocenters. The summed E-state index contributed by atoms with van der Waals surface area (Å²) in [7, 11) is 0. The van der Waals surface area contributed by atoms with Gasteiger partial charge in [0.05, 0.1) is 0 Å². The molecule has 0 spiro atoms. The molecule has 1 N–H and O–H groups in total. The molecule has 0 radical (unpaired) electrons. The van der Waals surface area contributed by atoms with E-state index in [1.54, 1.807) is 0 Å². The molecular formula is C14H24N4S. The first-order valence-electron chi connectivity index (χ1n) is 7.60. The van der Waals surface area contributed by atoms with E-state index < -0.39 is 0 Å². The van der Waals surface area contributed by atoms with E-state index in [-0.39, 0.29) is 0 Å². The van der Waals surface area contributed by atoms with Crippen molar-refractivity contribution in [1.29, 1.82) is 0 Å². The summed E-state index contributed by atoms with van der Waals surface area (Å²) in [6.07, 6.45) is 7.82. The van der Waals surface area contributed by atoms with Crippen molar-refractivity contribution in [1.82, 2.24) is 14.8 Å². The van der Waals surface area contributed by atoms with E-state index in [1.807, 2.05) is 0 Å². The molecule has 1 heterocycles. The van der Waals surface area contributed by atoms with Crippen LogP contribution in [0.15, 0.2) is 0 Å². The van der Waals surface area contributed by atoms with Crippen molar-refractivity contribution in [2.75, 3.05) is 11.4 Å². The fourth-order valence-electron chi connectivity index (χ4n) is 3.16. The third kappa shape index (κ3) is 2.71. The van der Waals surface area contributed by atoms with Crippen LogP contribution in [0.5, 0.6) is 0 Å². The van der Waals surface area contributed by atoms with E-state index in [2.05, 4.69) is 33.5 Å². The van der Waals surface area contributed by atoms with Crippen LogP contribution in [0.3, 0.4) is 0 Å². The molecule has 0 unspecified atom stereocenters. The van der Waals surface area contributed by atoms with Crippen LogP contribution in [-0.2, 0) is 0 Å². The molecule has 0 saturated heterocycles. The Morgan fingerprint density at radius 1 is 1.32 bits per heavy atom. The molecule has 5 heteroatoms. The predicted octanol–water partition coefficient (Wildman–Crippen LogP) is 3.68. The first-order valence-corrected chi connectivity index (χ1v) is 8.01. The normalized spacial score (nSPS) is 20.4.